The highest BCUT2D eigenvalue weighted by atomic mass is 32.2. The van der Waals surface area contributed by atoms with Crippen molar-refractivity contribution >= 4 is 34.4 Å². The van der Waals surface area contributed by atoms with Crippen LogP contribution in [0.25, 0.3) is 11.0 Å². The van der Waals surface area contributed by atoms with Gasteiger partial charge in [-0.1, -0.05) is 37.7 Å². The molecule has 3 aromatic rings. The minimum Gasteiger partial charge on any atom is -0.325 e. The van der Waals surface area contributed by atoms with Crippen LogP contribution in [-0.4, -0.2) is 30.8 Å². The van der Waals surface area contributed by atoms with Gasteiger partial charge < -0.3 is 5.32 Å². The van der Waals surface area contributed by atoms with Crippen LogP contribution in [0.1, 0.15) is 30.8 Å². The number of fused-ring (bicyclic) bond motifs is 1. The highest BCUT2D eigenvalue weighted by Crippen LogP contribution is 2.23. The fourth-order valence-corrected chi connectivity index (χ4v) is 4.13. The molecule has 0 fully saturated rings. The Morgan fingerprint density at radius 1 is 1.16 bits per heavy atom. The van der Waals surface area contributed by atoms with Gasteiger partial charge >= 0.3 is 5.69 Å². The van der Waals surface area contributed by atoms with Crippen LogP contribution < -0.4 is 16.6 Å². The van der Waals surface area contributed by atoms with Gasteiger partial charge in [0.1, 0.15) is 16.2 Å². The van der Waals surface area contributed by atoms with Gasteiger partial charge in [0.15, 0.2) is 5.65 Å². The van der Waals surface area contributed by atoms with E-state index >= 15 is 0 Å². The first-order valence-electron chi connectivity index (χ1n) is 10.1. The number of carbonyl (C=O) groups excluding carboxylic acids is 1. The number of rotatable bonds is 6. The third-order valence-corrected chi connectivity index (χ3v) is 5.79. The van der Waals surface area contributed by atoms with Gasteiger partial charge in [-0.05, 0) is 43.9 Å². The molecule has 3 rings (SSSR count). The van der Waals surface area contributed by atoms with E-state index in [0.29, 0.717) is 23.0 Å². The van der Waals surface area contributed by atoms with E-state index in [0.717, 1.165) is 21.4 Å². The molecule has 0 unspecified atom stereocenters. The number of benzene rings is 1. The Morgan fingerprint density at radius 3 is 2.55 bits per heavy atom. The molecule has 2 aromatic heterocycles. The number of anilines is 1. The summed E-state index contributed by atoms with van der Waals surface area (Å²) in [4.78, 5) is 47.0. The number of amides is 1. The Bertz CT molecular complexity index is 1280. The maximum atomic E-state index is 12.9. The molecular formula is C22H27N5O3S. The highest BCUT2D eigenvalue weighted by molar-refractivity contribution is 8.00. The number of aryl methyl sites for hydroxylation is 3. The molecule has 1 N–H and O–H groups in total. The van der Waals surface area contributed by atoms with Gasteiger partial charge in [-0.3, -0.25) is 18.7 Å². The van der Waals surface area contributed by atoms with Gasteiger partial charge in [-0.25, -0.2) is 14.8 Å². The van der Waals surface area contributed by atoms with Crippen LogP contribution in [0.2, 0.25) is 0 Å². The number of aromatic nitrogens is 4. The molecule has 1 amide bonds. The minimum absolute atomic E-state index is 0.0748. The first-order chi connectivity index (χ1) is 14.6. The van der Waals surface area contributed by atoms with Crippen molar-refractivity contribution in [3.63, 3.8) is 0 Å². The lowest BCUT2D eigenvalue weighted by Crippen LogP contribution is -2.39. The van der Waals surface area contributed by atoms with Crippen molar-refractivity contribution in [3.8, 4) is 0 Å². The molecule has 8 nitrogen and oxygen atoms in total. The van der Waals surface area contributed by atoms with Crippen LogP contribution in [0.15, 0.2) is 32.8 Å². The van der Waals surface area contributed by atoms with Gasteiger partial charge in [-0.15, -0.1) is 0 Å². The fraction of sp³-hybridized carbons (Fsp3) is 0.409. The normalized spacial score (nSPS) is 11.3. The first kappa shape index (κ1) is 22.7. The van der Waals surface area contributed by atoms with Gasteiger partial charge in [0.2, 0.25) is 5.91 Å². The highest BCUT2D eigenvalue weighted by Gasteiger charge is 2.19. The summed E-state index contributed by atoms with van der Waals surface area (Å²) in [5.41, 5.74) is 2.23. The topological polar surface area (TPSA) is 98.9 Å². The third kappa shape index (κ3) is 4.87. The van der Waals surface area contributed by atoms with Gasteiger partial charge in [0, 0.05) is 19.3 Å². The van der Waals surface area contributed by atoms with Crippen molar-refractivity contribution in [3.05, 3.63) is 56.0 Å². The van der Waals surface area contributed by atoms with Crippen molar-refractivity contribution in [1.29, 1.82) is 0 Å². The van der Waals surface area contributed by atoms with Gasteiger partial charge in [-0.2, -0.15) is 0 Å². The Labute approximate surface area is 184 Å². The summed E-state index contributed by atoms with van der Waals surface area (Å²) >= 11 is 1.17. The summed E-state index contributed by atoms with van der Waals surface area (Å²) in [6, 6.07) is 5.86. The van der Waals surface area contributed by atoms with E-state index in [1.165, 1.54) is 23.4 Å². The Kier molecular flexibility index (Phi) is 6.64. The number of carbonyl (C=O) groups is 1. The summed E-state index contributed by atoms with van der Waals surface area (Å²) in [5, 5.41) is 3.58. The predicted molar refractivity (Wildman–Crippen MR) is 124 cm³/mol. The van der Waals surface area contributed by atoms with Crippen LogP contribution in [0, 0.1) is 26.7 Å². The Hall–Kier alpha value is -2.94. The number of nitrogens with zero attached hydrogens (tertiary/aromatic N) is 4. The molecule has 0 aliphatic heterocycles. The molecule has 0 atom stereocenters. The molecule has 0 radical (unpaired) electrons. The summed E-state index contributed by atoms with van der Waals surface area (Å²) in [6.45, 7) is 10.0. The largest absolute Gasteiger partial charge is 0.332 e. The number of hydrogen-bond donors (Lipinski definition) is 1. The second-order valence-corrected chi connectivity index (χ2v) is 9.05. The molecule has 0 aliphatic carbocycles. The molecular weight excluding hydrogens is 414 g/mol. The van der Waals surface area contributed by atoms with E-state index in [9.17, 15) is 14.4 Å². The van der Waals surface area contributed by atoms with E-state index in [2.05, 4.69) is 15.3 Å². The summed E-state index contributed by atoms with van der Waals surface area (Å²) in [7, 11) is 1.45. The zero-order valence-electron chi connectivity index (χ0n) is 18.6. The van der Waals surface area contributed by atoms with Gasteiger partial charge in [0.25, 0.3) is 5.56 Å². The van der Waals surface area contributed by atoms with Crippen molar-refractivity contribution < 1.29 is 4.79 Å². The van der Waals surface area contributed by atoms with Gasteiger partial charge in [0.05, 0.1) is 5.75 Å². The monoisotopic (exact) mass is 441 g/mol. The SMILES string of the molecule is Cc1ccc(C)c(NC(=O)CSc2nc(C)nc3c2c(=O)n(C)c(=O)n3CC(C)C)c1. The first-order valence-corrected chi connectivity index (χ1v) is 11.0. The van der Waals surface area contributed by atoms with Crippen molar-refractivity contribution in [2.24, 2.45) is 13.0 Å². The van der Waals surface area contributed by atoms with E-state index < -0.39 is 11.2 Å². The zero-order valence-corrected chi connectivity index (χ0v) is 19.5. The molecule has 2 heterocycles. The molecule has 0 spiro atoms. The molecule has 1 aromatic carbocycles. The van der Waals surface area contributed by atoms with Crippen LogP contribution in [0.3, 0.4) is 0 Å². The summed E-state index contributed by atoms with van der Waals surface area (Å²) in [5.74, 6) is 0.504. The third-order valence-electron chi connectivity index (χ3n) is 4.82. The van der Waals surface area contributed by atoms with Crippen molar-refractivity contribution in [1.82, 2.24) is 19.1 Å². The average Bonchev–Trinajstić information content (AvgIpc) is 2.70. The predicted octanol–water partition coefficient (Wildman–Crippen LogP) is 2.80. The summed E-state index contributed by atoms with van der Waals surface area (Å²) < 4.78 is 2.58. The van der Waals surface area contributed by atoms with Crippen LogP contribution in [0.5, 0.6) is 0 Å². The lowest BCUT2D eigenvalue weighted by molar-refractivity contribution is -0.113. The second kappa shape index (κ2) is 9.05. The average molecular weight is 442 g/mol. The molecule has 0 saturated heterocycles. The molecule has 0 saturated carbocycles. The number of nitrogens with one attached hydrogen (secondary N) is 1. The molecule has 9 heteroatoms. The quantitative estimate of drug-likeness (QED) is 0.467. The van der Waals surface area contributed by atoms with E-state index in [1.807, 2.05) is 45.9 Å². The molecule has 164 valence electrons. The molecule has 0 bridgehead atoms. The lowest BCUT2D eigenvalue weighted by atomic mass is 10.1. The van der Waals surface area contributed by atoms with E-state index in [1.54, 1.807) is 6.92 Å². The molecule has 31 heavy (non-hydrogen) atoms. The smallest absolute Gasteiger partial charge is 0.325 e. The maximum absolute atomic E-state index is 12.9. The van der Waals surface area contributed by atoms with E-state index in [-0.39, 0.29) is 23.0 Å². The van der Waals surface area contributed by atoms with E-state index in [4.69, 9.17) is 0 Å². The van der Waals surface area contributed by atoms with Crippen LogP contribution >= 0.6 is 11.8 Å². The standard InChI is InChI=1S/C22H27N5O3S/c1-12(2)10-27-19-18(21(29)26(6)22(27)30)20(24-15(5)23-19)31-11-17(28)25-16-9-13(3)7-8-14(16)4/h7-9,12H,10-11H2,1-6H3,(H,25,28). The van der Waals surface area contributed by atoms with Crippen molar-refractivity contribution in [2.75, 3.05) is 11.1 Å². The fourth-order valence-electron chi connectivity index (χ4n) is 3.27. The number of thioether (sulfide) groups is 1. The maximum Gasteiger partial charge on any atom is 0.332 e. The van der Waals surface area contributed by atoms with Crippen LogP contribution in [-0.2, 0) is 18.4 Å². The zero-order chi connectivity index (χ0) is 22.9. The summed E-state index contributed by atoms with van der Waals surface area (Å²) in [6.07, 6.45) is 0. The van der Waals surface area contributed by atoms with Crippen LogP contribution in [0.4, 0.5) is 5.69 Å². The lowest BCUT2D eigenvalue weighted by Gasteiger charge is -2.15. The molecule has 0 aliphatic rings. The van der Waals surface area contributed by atoms with Crippen molar-refractivity contribution in [2.45, 2.75) is 46.2 Å². The second-order valence-electron chi connectivity index (χ2n) is 8.08. The number of hydrogen-bond acceptors (Lipinski definition) is 6. The Balaban J connectivity index is 1.98. The Morgan fingerprint density at radius 2 is 1.87 bits per heavy atom. The minimum atomic E-state index is -0.461.